The summed E-state index contributed by atoms with van der Waals surface area (Å²) in [6.45, 7) is 0.248. The molecule has 7 heteroatoms. The van der Waals surface area contributed by atoms with Crippen LogP contribution < -0.4 is 10.6 Å². The quantitative estimate of drug-likeness (QED) is 0.510. The van der Waals surface area contributed by atoms with Gasteiger partial charge in [0.05, 0.1) is 0 Å². The molecule has 0 bridgehead atoms. The zero-order valence-corrected chi connectivity index (χ0v) is 19.8. The smallest absolute Gasteiger partial charge is 0.407 e. The Hall–Kier alpha value is -3.35. The van der Waals surface area contributed by atoms with Gasteiger partial charge in [-0.15, -0.1) is 0 Å². The van der Waals surface area contributed by atoms with Gasteiger partial charge in [-0.1, -0.05) is 67.8 Å². The van der Waals surface area contributed by atoms with Gasteiger partial charge in [-0.05, 0) is 54.4 Å². The Balaban J connectivity index is 1.21. The highest BCUT2D eigenvalue weighted by atomic mass is 16.5. The summed E-state index contributed by atoms with van der Waals surface area (Å²) in [5.41, 5.74) is 3.11. The number of nitrogens with one attached hydrogen (secondary N) is 2. The third kappa shape index (κ3) is 4.77. The van der Waals surface area contributed by atoms with Crippen LogP contribution in [-0.2, 0) is 14.3 Å². The highest BCUT2D eigenvalue weighted by Crippen LogP contribution is 2.44. The van der Waals surface area contributed by atoms with Crippen molar-refractivity contribution in [2.45, 2.75) is 74.8 Å². The predicted molar refractivity (Wildman–Crippen MR) is 131 cm³/mol. The van der Waals surface area contributed by atoms with Crippen LogP contribution in [0.5, 0.6) is 0 Å². The van der Waals surface area contributed by atoms with Gasteiger partial charge in [0, 0.05) is 17.9 Å². The average Bonchev–Trinajstić information content (AvgIpc) is 3.58. The standard InChI is InChI=1S/C28H32N2O5/c31-24(29-28(16-17-28)25(32)33)12-15-27(13-6-1-7-14-27)30-26(34)35-18-23-21-10-4-2-8-19(21)20-9-3-5-11-22(20)23/h2-5,8-11,23H,1,6-7,12-18H2,(H,29,31)(H,30,34)(H,32,33). The summed E-state index contributed by atoms with van der Waals surface area (Å²) >= 11 is 0. The molecule has 35 heavy (non-hydrogen) atoms. The maximum Gasteiger partial charge on any atom is 0.407 e. The largest absolute Gasteiger partial charge is 0.480 e. The van der Waals surface area contributed by atoms with E-state index in [0.717, 1.165) is 43.2 Å². The van der Waals surface area contributed by atoms with Crippen molar-refractivity contribution in [2.75, 3.05) is 6.61 Å². The first-order valence-electron chi connectivity index (χ1n) is 12.6. The molecule has 7 nitrogen and oxygen atoms in total. The predicted octanol–water partition coefficient (Wildman–Crippen LogP) is 4.74. The molecule has 3 N–H and O–H groups in total. The molecule has 0 radical (unpaired) electrons. The van der Waals surface area contributed by atoms with Gasteiger partial charge in [0.25, 0.3) is 0 Å². The maximum atomic E-state index is 13.0. The van der Waals surface area contributed by atoms with E-state index in [1.54, 1.807) is 0 Å². The lowest BCUT2D eigenvalue weighted by Gasteiger charge is -2.38. The highest BCUT2D eigenvalue weighted by molar-refractivity contribution is 5.89. The van der Waals surface area contributed by atoms with Crippen molar-refractivity contribution in [1.29, 1.82) is 0 Å². The second-order valence-corrected chi connectivity index (χ2v) is 10.2. The third-order valence-corrected chi connectivity index (χ3v) is 7.89. The maximum absolute atomic E-state index is 13.0. The number of carboxylic acid groups (broad SMARTS) is 1. The Bertz CT molecular complexity index is 1090. The number of alkyl carbamates (subject to hydrolysis) is 1. The lowest BCUT2D eigenvalue weighted by atomic mass is 9.78. The molecule has 2 fully saturated rings. The van der Waals surface area contributed by atoms with Crippen LogP contribution in [0.2, 0.25) is 0 Å². The van der Waals surface area contributed by atoms with Crippen LogP contribution in [0.25, 0.3) is 11.1 Å². The Morgan fingerprint density at radius 1 is 0.857 bits per heavy atom. The fourth-order valence-electron chi connectivity index (χ4n) is 5.72. The van der Waals surface area contributed by atoms with Crippen LogP contribution in [0.1, 0.15) is 74.8 Å². The first-order valence-corrected chi connectivity index (χ1v) is 12.6. The molecule has 5 rings (SSSR count). The first kappa shape index (κ1) is 23.4. The fourth-order valence-corrected chi connectivity index (χ4v) is 5.72. The summed E-state index contributed by atoms with van der Waals surface area (Å²) in [4.78, 5) is 36.8. The number of rotatable bonds is 8. The second kappa shape index (κ2) is 9.36. The molecule has 0 spiro atoms. The molecule has 3 aliphatic carbocycles. The van der Waals surface area contributed by atoms with Gasteiger partial charge in [0.15, 0.2) is 0 Å². The molecule has 0 saturated heterocycles. The van der Waals surface area contributed by atoms with Crippen LogP contribution in [0.3, 0.4) is 0 Å². The van der Waals surface area contributed by atoms with Crippen LogP contribution in [0.15, 0.2) is 48.5 Å². The van der Waals surface area contributed by atoms with Gasteiger partial charge >= 0.3 is 12.1 Å². The Labute approximate surface area is 205 Å². The van der Waals surface area contributed by atoms with Gasteiger partial charge in [-0.2, -0.15) is 0 Å². The van der Waals surface area contributed by atoms with Gasteiger partial charge in [-0.25, -0.2) is 9.59 Å². The number of hydrogen-bond acceptors (Lipinski definition) is 4. The molecule has 0 unspecified atom stereocenters. The number of amides is 2. The van der Waals surface area contributed by atoms with E-state index in [9.17, 15) is 19.5 Å². The Morgan fingerprint density at radius 3 is 2.03 bits per heavy atom. The van der Waals surface area contributed by atoms with Crippen molar-refractivity contribution in [3.63, 3.8) is 0 Å². The monoisotopic (exact) mass is 476 g/mol. The number of carbonyl (C=O) groups is 3. The van der Waals surface area contributed by atoms with Crippen LogP contribution in [-0.4, -0.2) is 40.8 Å². The summed E-state index contributed by atoms with van der Waals surface area (Å²) in [6.07, 6.45) is 5.75. The number of fused-ring (bicyclic) bond motifs is 3. The molecule has 2 aromatic rings. The summed E-state index contributed by atoms with van der Waals surface area (Å²) in [5, 5.41) is 15.1. The molecule has 0 aliphatic heterocycles. The average molecular weight is 477 g/mol. The van der Waals surface area contributed by atoms with E-state index in [0.29, 0.717) is 19.3 Å². The van der Waals surface area contributed by atoms with E-state index < -0.39 is 23.1 Å². The summed E-state index contributed by atoms with van der Waals surface area (Å²) < 4.78 is 5.77. The van der Waals surface area contributed by atoms with E-state index in [-0.39, 0.29) is 24.9 Å². The van der Waals surface area contributed by atoms with E-state index in [4.69, 9.17) is 4.74 Å². The number of ether oxygens (including phenoxy) is 1. The number of aliphatic carboxylic acids is 1. The van der Waals surface area contributed by atoms with Crippen molar-refractivity contribution in [3.05, 3.63) is 59.7 Å². The van der Waals surface area contributed by atoms with Gasteiger partial charge in [-0.3, -0.25) is 4.79 Å². The minimum absolute atomic E-state index is 0.00742. The number of hydrogen-bond donors (Lipinski definition) is 3. The Kier molecular flexibility index (Phi) is 6.26. The van der Waals surface area contributed by atoms with Gasteiger partial charge in [0.1, 0.15) is 12.1 Å². The Morgan fingerprint density at radius 2 is 1.46 bits per heavy atom. The minimum Gasteiger partial charge on any atom is -0.480 e. The van der Waals surface area contributed by atoms with E-state index in [1.807, 2.05) is 24.3 Å². The molecular weight excluding hydrogens is 444 g/mol. The minimum atomic E-state index is -1.09. The number of carboxylic acids is 1. The lowest BCUT2D eigenvalue weighted by Crippen LogP contribution is -2.51. The summed E-state index contributed by atoms with van der Waals surface area (Å²) in [7, 11) is 0. The van der Waals surface area contributed by atoms with Crippen molar-refractivity contribution in [2.24, 2.45) is 0 Å². The normalized spacial score (nSPS) is 19.2. The SMILES string of the molecule is O=C(CCC1(NC(=O)OCC2c3ccccc3-c3ccccc32)CCCCC1)NC1(C(=O)O)CC1. The molecule has 184 valence electrons. The lowest BCUT2D eigenvalue weighted by molar-refractivity contribution is -0.143. The molecule has 3 aliphatic rings. The van der Waals surface area contributed by atoms with Crippen LogP contribution in [0, 0.1) is 0 Å². The summed E-state index contributed by atoms with van der Waals surface area (Å²) in [5.74, 6) is -1.26. The van der Waals surface area contributed by atoms with E-state index in [1.165, 1.54) is 11.1 Å². The molecule has 0 aromatic heterocycles. The zero-order chi connectivity index (χ0) is 24.5. The van der Waals surface area contributed by atoms with Gasteiger partial charge < -0.3 is 20.5 Å². The van der Waals surface area contributed by atoms with Crippen molar-refractivity contribution >= 4 is 18.0 Å². The molecule has 0 heterocycles. The zero-order valence-electron chi connectivity index (χ0n) is 19.8. The summed E-state index contributed by atoms with van der Waals surface area (Å²) in [6, 6.07) is 16.5. The van der Waals surface area contributed by atoms with E-state index in [2.05, 4.69) is 34.9 Å². The molecule has 2 saturated carbocycles. The fraction of sp³-hybridized carbons (Fsp3) is 0.464. The molecule has 2 amide bonds. The van der Waals surface area contributed by atoms with Crippen molar-refractivity contribution in [1.82, 2.24) is 10.6 Å². The molecule has 2 aromatic carbocycles. The number of carbonyl (C=O) groups excluding carboxylic acids is 2. The molecular formula is C28H32N2O5. The highest BCUT2D eigenvalue weighted by Gasteiger charge is 2.51. The number of benzene rings is 2. The topological polar surface area (TPSA) is 105 Å². The van der Waals surface area contributed by atoms with Crippen molar-refractivity contribution < 1.29 is 24.2 Å². The second-order valence-electron chi connectivity index (χ2n) is 10.2. The first-order chi connectivity index (χ1) is 16.9. The van der Waals surface area contributed by atoms with Crippen molar-refractivity contribution in [3.8, 4) is 11.1 Å². The van der Waals surface area contributed by atoms with Crippen LogP contribution in [0.4, 0.5) is 4.79 Å². The van der Waals surface area contributed by atoms with Crippen LogP contribution >= 0.6 is 0 Å². The van der Waals surface area contributed by atoms with E-state index >= 15 is 0 Å². The molecule has 0 atom stereocenters. The van der Waals surface area contributed by atoms with Gasteiger partial charge in [0.2, 0.25) is 5.91 Å². The third-order valence-electron chi connectivity index (χ3n) is 7.89.